The van der Waals surface area contributed by atoms with Crippen LogP contribution in [0.1, 0.15) is 15.9 Å². The summed E-state index contributed by atoms with van der Waals surface area (Å²) in [4.78, 5) is 23.6. The highest BCUT2D eigenvalue weighted by molar-refractivity contribution is 6.31. The van der Waals surface area contributed by atoms with Gasteiger partial charge in [0.25, 0.3) is 5.91 Å². The molecule has 0 spiro atoms. The Kier molecular flexibility index (Phi) is 4.18. The lowest BCUT2D eigenvalue weighted by molar-refractivity contribution is -0.119. The van der Waals surface area contributed by atoms with Gasteiger partial charge in [-0.15, -0.1) is 5.53 Å². The molecular weight excluding hydrogens is 316 g/mol. The number of carbonyl (C=O) groups excluding carboxylic acids is 2. The molecule has 2 aromatic rings. The average Bonchev–Trinajstić information content (AvgIpc) is 2.53. The molecule has 0 fully saturated rings. The molecule has 23 heavy (non-hydrogen) atoms. The third kappa shape index (κ3) is 3.13. The van der Waals surface area contributed by atoms with E-state index in [9.17, 15) is 9.59 Å². The zero-order valence-corrected chi connectivity index (χ0v) is 13.0. The van der Waals surface area contributed by atoms with Crippen LogP contribution in [0.2, 0.25) is 5.02 Å². The maximum absolute atomic E-state index is 12.4. The molecule has 2 amide bonds. The third-order valence-corrected chi connectivity index (χ3v) is 3.88. The van der Waals surface area contributed by atoms with E-state index in [1.54, 1.807) is 23.2 Å². The zero-order valence-electron chi connectivity index (χ0n) is 12.2. The van der Waals surface area contributed by atoms with Crippen LogP contribution in [0.15, 0.2) is 48.5 Å². The maximum atomic E-state index is 12.4. The van der Waals surface area contributed by atoms with Crippen LogP contribution < -0.4 is 16.3 Å². The summed E-state index contributed by atoms with van der Waals surface area (Å²) in [6.45, 7) is 0.214. The predicted octanol–water partition coefficient (Wildman–Crippen LogP) is 1.71. The van der Waals surface area contributed by atoms with Gasteiger partial charge in [-0.3, -0.25) is 14.6 Å². The van der Waals surface area contributed by atoms with Crippen LogP contribution in [0.4, 0.5) is 5.69 Å². The Morgan fingerprint density at radius 1 is 1.09 bits per heavy atom. The maximum Gasteiger partial charge on any atom is 0.272 e. The zero-order chi connectivity index (χ0) is 16.4. The molecule has 1 aliphatic heterocycles. The van der Waals surface area contributed by atoms with Crippen LogP contribution >= 0.6 is 11.6 Å². The molecule has 0 aliphatic carbocycles. The molecule has 2 aromatic carbocycles. The highest BCUT2D eigenvalue weighted by Gasteiger charge is 2.29. The Bertz CT molecular complexity index is 765. The largest absolute Gasteiger partial charge is 0.368 e. The van der Waals surface area contributed by atoms with Crippen molar-refractivity contribution < 1.29 is 9.59 Å². The molecule has 0 saturated heterocycles. The lowest BCUT2D eigenvalue weighted by Crippen LogP contribution is -2.58. The molecule has 0 saturated carbocycles. The first-order valence-corrected chi connectivity index (χ1v) is 7.40. The molecule has 0 atom stereocenters. The number of amides is 2. The lowest BCUT2D eigenvalue weighted by Gasteiger charge is -2.38. The fourth-order valence-electron chi connectivity index (χ4n) is 2.46. The van der Waals surface area contributed by atoms with E-state index in [-0.39, 0.29) is 12.5 Å². The summed E-state index contributed by atoms with van der Waals surface area (Å²) in [6, 6.07) is 14.6. The van der Waals surface area contributed by atoms with E-state index < -0.39 is 5.91 Å². The summed E-state index contributed by atoms with van der Waals surface area (Å²) >= 11 is 6.21. The van der Waals surface area contributed by atoms with E-state index in [2.05, 4.69) is 5.53 Å². The van der Waals surface area contributed by atoms with Gasteiger partial charge in [-0.25, -0.2) is 5.01 Å². The van der Waals surface area contributed by atoms with Crippen molar-refractivity contribution in [3.05, 3.63) is 64.7 Å². The monoisotopic (exact) mass is 330 g/mol. The number of carbonyl (C=O) groups is 2. The van der Waals surface area contributed by atoms with Crippen molar-refractivity contribution in [1.82, 2.24) is 10.5 Å². The normalized spacial score (nSPS) is 13.9. The topological polar surface area (TPSA) is 78.7 Å². The number of fused-ring (bicyclic) bond motifs is 1. The van der Waals surface area contributed by atoms with Gasteiger partial charge in [0, 0.05) is 5.02 Å². The Balaban J connectivity index is 1.95. The van der Waals surface area contributed by atoms with E-state index in [0.29, 0.717) is 17.1 Å². The molecule has 0 aromatic heterocycles. The van der Waals surface area contributed by atoms with Gasteiger partial charge in [-0.1, -0.05) is 41.9 Å². The highest BCUT2D eigenvalue weighted by atomic mass is 35.5. The second-order valence-electron chi connectivity index (χ2n) is 5.15. The van der Waals surface area contributed by atoms with Gasteiger partial charge in [0.2, 0.25) is 5.91 Å². The lowest BCUT2D eigenvalue weighted by atomic mass is 10.1. The first kappa shape index (κ1) is 15.3. The predicted molar refractivity (Wildman–Crippen MR) is 87.4 cm³/mol. The molecule has 0 bridgehead atoms. The molecule has 6 nitrogen and oxygen atoms in total. The van der Waals surface area contributed by atoms with Gasteiger partial charge < -0.3 is 5.73 Å². The van der Waals surface area contributed by atoms with Gasteiger partial charge >= 0.3 is 0 Å². The number of para-hydroxylation sites is 1. The number of nitrogens with one attached hydrogen (secondary N) is 1. The first-order chi connectivity index (χ1) is 11.1. The van der Waals surface area contributed by atoms with E-state index in [0.717, 1.165) is 11.3 Å². The Labute approximate surface area is 138 Å². The van der Waals surface area contributed by atoms with Crippen molar-refractivity contribution in [3.8, 4) is 0 Å². The SMILES string of the molecule is NC(=O)CN1NN(Cc2ccccc2Cl)c2ccccc2C1=O. The van der Waals surface area contributed by atoms with Gasteiger partial charge in [0.05, 0.1) is 17.8 Å². The Morgan fingerprint density at radius 2 is 1.78 bits per heavy atom. The molecule has 3 N–H and O–H groups in total. The molecular formula is C16H15ClN4O2. The number of primary amides is 1. The van der Waals surface area contributed by atoms with Gasteiger partial charge in [0.15, 0.2) is 0 Å². The number of anilines is 1. The Morgan fingerprint density at radius 3 is 2.52 bits per heavy atom. The molecule has 0 radical (unpaired) electrons. The van der Waals surface area contributed by atoms with Gasteiger partial charge in [-0.05, 0) is 23.8 Å². The van der Waals surface area contributed by atoms with E-state index >= 15 is 0 Å². The quantitative estimate of drug-likeness (QED) is 0.894. The summed E-state index contributed by atoms with van der Waals surface area (Å²) in [5.74, 6) is -0.891. The molecule has 1 aliphatic rings. The van der Waals surface area contributed by atoms with Crippen molar-refractivity contribution in [2.24, 2.45) is 5.73 Å². The average molecular weight is 331 g/mol. The van der Waals surface area contributed by atoms with Crippen LogP contribution in [0.3, 0.4) is 0 Å². The minimum atomic E-state index is -0.595. The fourth-order valence-corrected chi connectivity index (χ4v) is 2.66. The number of nitrogens with two attached hydrogens (primary N) is 1. The van der Waals surface area contributed by atoms with Gasteiger partial charge in [-0.2, -0.15) is 0 Å². The van der Waals surface area contributed by atoms with Crippen molar-refractivity contribution in [2.75, 3.05) is 11.6 Å². The van der Waals surface area contributed by atoms with Gasteiger partial charge in [0.1, 0.15) is 6.54 Å². The van der Waals surface area contributed by atoms with Crippen molar-refractivity contribution in [1.29, 1.82) is 0 Å². The second-order valence-corrected chi connectivity index (χ2v) is 5.56. The highest BCUT2D eigenvalue weighted by Crippen LogP contribution is 2.27. The van der Waals surface area contributed by atoms with Crippen LogP contribution in [0.25, 0.3) is 0 Å². The van der Waals surface area contributed by atoms with Crippen LogP contribution in [0.5, 0.6) is 0 Å². The number of hydrogen-bond acceptors (Lipinski definition) is 4. The summed E-state index contributed by atoms with van der Waals surface area (Å²) in [7, 11) is 0. The summed E-state index contributed by atoms with van der Waals surface area (Å²) < 4.78 is 0. The van der Waals surface area contributed by atoms with Crippen LogP contribution in [-0.4, -0.2) is 23.4 Å². The molecule has 7 heteroatoms. The number of benzene rings is 2. The number of hydrazine groups is 2. The van der Waals surface area contributed by atoms with Crippen molar-refractivity contribution in [3.63, 3.8) is 0 Å². The van der Waals surface area contributed by atoms with E-state index in [4.69, 9.17) is 17.3 Å². The second kappa shape index (κ2) is 6.28. The molecule has 1 heterocycles. The number of hydrogen-bond donors (Lipinski definition) is 2. The number of rotatable bonds is 4. The van der Waals surface area contributed by atoms with Crippen LogP contribution in [-0.2, 0) is 11.3 Å². The third-order valence-electron chi connectivity index (χ3n) is 3.51. The molecule has 0 unspecified atom stereocenters. The summed E-state index contributed by atoms with van der Waals surface area (Å²) in [5, 5.41) is 3.59. The summed E-state index contributed by atoms with van der Waals surface area (Å²) in [5.41, 5.74) is 10.3. The minimum absolute atomic E-state index is 0.216. The van der Waals surface area contributed by atoms with Crippen LogP contribution in [0, 0.1) is 0 Å². The van der Waals surface area contributed by atoms with Crippen molar-refractivity contribution in [2.45, 2.75) is 6.54 Å². The van der Waals surface area contributed by atoms with E-state index in [1.807, 2.05) is 30.3 Å². The molecule has 118 valence electrons. The van der Waals surface area contributed by atoms with Crippen molar-refractivity contribution >= 4 is 29.1 Å². The minimum Gasteiger partial charge on any atom is -0.368 e. The summed E-state index contributed by atoms with van der Waals surface area (Å²) in [6.07, 6.45) is 0. The first-order valence-electron chi connectivity index (χ1n) is 7.02. The standard InChI is InChI=1S/C16H15ClN4O2/c17-13-7-3-1-5-11(13)9-20-14-8-4-2-6-12(14)16(23)21(19-20)10-15(18)22/h1-8,19H,9-10H2,(H2,18,22). The van der Waals surface area contributed by atoms with E-state index in [1.165, 1.54) is 5.01 Å². The Hall–Kier alpha value is -2.57. The number of halogens is 1. The molecule has 3 rings (SSSR count). The number of nitrogens with zero attached hydrogens (tertiary/aromatic N) is 2. The smallest absolute Gasteiger partial charge is 0.272 e. The fraction of sp³-hybridized carbons (Fsp3) is 0.125.